The number of hydrogen-bond donors (Lipinski definition) is 3. The molecule has 3 rings (SSSR count). The fourth-order valence-corrected chi connectivity index (χ4v) is 4.50. The lowest BCUT2D eigenvalue weighted by Crippen LogP contribution is -2.48. The zero-order chi connectivity index (χ0) is 25.1. The highest BCUT2D eigenvalue weighted by atomic mass is 19.4. The van der Waals surface area contributed by atoms with Crippen LogP contribution in [0, 0.1) is 10.8 Å². The van der Waals surface area contributed by atoms with Gasteiger partial charge in [-0.1, -0.05) is 6.07 Å². The third-order valence-electron chi connectivity index (χ3n) is 6.70. The molecule has 33 heavy (non-hydrogen) atoms. The first-order valence-corrected chi connectivity index (χ1v) is 10.6. The molecule has 8 nitrogen and oxygen atoms in total. The van der Waals surface area contributed by atoms with Gasteiger partial charge in [-0.25, -0.2) is 4.79 Å². The van der Waals surface area contributed by atoms with Crippen molar-refractivity contribution in [2.75, 3.05) is 20.1 Å². The Labute approximate surface area is 190 Å². The molecular formula is C22H31F3N4O4. The number of aliphatic carboxylic acids is 1. The molecule has 1 saturated carbocycles. The molecule has 0 aromatic carbocycles. The van der Waals surface area contributed by atoms with Crippen LogP contribution in [0.1, 0.15) is 51.6 Å². The van der Waals surface area contributed by atoms with Gasteiger partial charge in [-0.15, -0.1) is 0 Å². The lowest BCUT2D eigenvalue weighted by molar-refractivity contribution is -0.192. The number of likely N-dealkylation sites (tertiary alicyclic amines) is 1. The van der Waals surface area contributed by atoms with E-state index in [4.69, 9.17) is 15.6 Å². The highest BCUT2D eigenvalue weighted by Crippen LogP contribution is 2.50. The SMILES string of the molecule is CNC1(c2ccccn2)CCC2(CC1)CC(=O)N(CC(C)(C)C(N)=O)C2.O=C(O)C(F)(F)F. The van der Waals surface area contributed by atoms with Gasteiger partial charge in [0.25, 0.3) is 0 Å². The summed E-state index contributed by atoms with van der Waals surface area (Å²) in [6, 6.07) is 6.04. The topological polar surface area (TPSA) is 126 Å². The maximum atomic E-state index is 12.6. The Morgan fingerprint density at radius 1 is 1.21 bits per heavy atom. The Bertz CT molecular complexity index is 866. The number of nitrogens with one attached hydrogen (secondary N) is 1. The van der Waals surface area contributed by atoms with Crippen LogP contribution in [0.15, 0.2) is 24.4 Å². The first-order chi connectivity index (χ1) is 15.2. The number of nitrogens with two attached hydrogens (primary N) is 1. The van der Waals surface area contributed by atoms with Crippen LogP contribution in [0.2, 0.25) is 0 Å². The maximum Gasteiger partial charge on any atom is 0.490 e. The van der Waals surface area contributed by atoms with E-state index in [0.29, 0.717) is 13.0 Å². The smallest absolute Gasteiger partial charge is 0.475 e. The molecule has 2 fully saturated rings. The summed E-state index contributed by atoms with van der Waals surface area (Å²) in [5.41, 5.74) is 5.77. The number of hydrogen-bond acceptors (Lipinski definition) is 5. The average Bonchev–Trinajstić information content (AvgIpc) is 3.03. The van der Waals surface area contributed by atoms with Crippen molar-refractivity contribution in [3.63, 3.8) is 0 Å². The van der Waals surface area contributed by atoms with Crippen molar-refractivity contribution in [3.8, 4) is 0 Å². The molecule has 184 valence electrons. The van der Waals surface area contributed by atoms with Crippen molar-refractivity contribution >= 4 is 17.8 Å². The second-order valence-corrected chi connectivity index (χ2v) is 9.52. The van der Waals surface area contributed by atoms with Gasteiger partial charge in [-0.2, -0.15) is 13.2 Å². The van der Waals surface area contributed by atoms with Gasteiger partial charge in [0.15, 0.2) is 0 Å². The van der Waals surface area contributed by atoms with E-state index < -0.39 is 17.6 Å². The standard InChI is InChI=1S/C20H30N4O2.C2HF3O2/c1-18(2,17(21)26)13-24-14-19(12-16(24)25)7-9-20(22-3,10-8-19)15-6-4-5-11-23-15;3-2(4,5)1(6)7/h4-6,11,22H,7-10,12-14H2,1-3H3,(H2,21,26);(H,6,7). The number of halogens is 3. The van der Waals surface area contributed by atoms with Crippen LogP contribution < -0.4 is 11.1 Å². The minimum atomic E-state index is -5.08. The molecule has 1 aromatic rings. The van der Waals surface area contributed by atoms with E-state index in [1.165, 1.54) is 0 Å². The fraction of sp³-hybridized carbons (Fsp3) is 0.636. The summed E-state index contributed by atoms with van der Waals surface area (Å²) in [5.74, 6) is -2.97. The average molecular weight is 473 g/mol. The lowest BCUT2D eigenvalue weighted by atomic mass is 9.65. The lowest BCUT2D eigenvalue weighted by Gasteiger charge is -2.44. The summed E-state index contributed by atoms with van der Waals surface area (Å²) in [6.45, 7) is 4.74. The number of primary amides is 1. The molecular weight excluding hydrogens is 441 g/mol. The number of carboxylic acid groups (broad SMARTS) is 1. The van der Waals surface area contributed by atoms with Crippen LogP contribution >= 0.6 is 0 Å². The van der Waals surface area contributed by atoms with Crippen molar-refractivity contribution in [3.05, 3.63) is 30.1 Å². The Balaban J connectivity index is 0.000000479. The van der Waals surface area contributed by atoms with Crippen molar-refractivity contribution in [1.82, 2.24) is 15.2 Å². The van der Waals surface area contributed by atoms with Crippen LogP contribution in [-0.2, 0) is 19.9 Å². The van der Waals surface area contributed by atoms with E-state index in [2.05, 4.69) is 16.4 Å². The van der Waals surface area contributed by atoms with Crippen LogP contribution in [0.25, 0.3) is 0 Å². The van der Waals surface area contributed by atoms with E-state index in [0.717, 1.165) is 37.9 Å². The third-order valence-corrected chi connectivity index (χ3v) is 6.70. The van der Waals surface area contributed by atoms with Crippen molar-refractivity contribution in [1.29, 1.82) is 0 Å². The number of rotatable bonds is 5. The summed E-state index contributed by atoms with van der Waals surface area (Å²) in [6.07, 6.45) is 1.20. The molecule has 1 saturated heterocycles. The molecule has 1 aliphatic carbocycles. The van der Waals surface area contributed by atoms with Gasteiger partial charge in [0.05, 0.1) is 16.6 Å². The second-order valence-electron chi connectivity index (χ2n) is 9.52. The molecule has 2 aliphatic rings. The Morgan fingerprint density at radius 3 is 2.21 bits per heavy atom. The van der Waals surface area contributed by atoms with Crippen LogP contribution in [0.4, 0.5) is 13.2 Å². The first kappa shape index (κ1) is 26.6. The molecule has 1 spiro atoms. The van der Waals surface area contributed by atoms with E-state index in [1.54, 1.807) is 0 Å². The highest BCUT2D eigenvalue weighted by Gasteiger charge is 2.50. The third kappa shape index (κ3) is 6.21. The monoisotopic (exact) mass is 472 g/mol. The first-order valence-electron chi connectivity index (χ1n) is 10.6. The minimum Gasteiger partial charge on any atom is -0.475 e. The molecule has 0 atom stereocenters. The van der Waals surface area contributed by atoms with Gasteiger partial charge < -0.3 is 21.1 Å². The van der Waals surface area contributed by atoms with Crippen LogP contribution in [0.3, 0.4) is 0 Å². The van der Waals surface area contributed by atoms with E-state index in [9.17, 15) is 22.8 Å². The second kappa shape index (κ2) is 9.66. The summed E-state index contributed by atoms with van der Waals surface area (Å²) >= 11 is 0. The largest absolute Gasteiger partial charge is 0.490 e. The Hall–Kier alpha value is -2.69. The number of pyridine rings is 1. The maximum absolute atomic E-state index is 12.6. The minimum absolute atomic E-state index is 0.0138. The number of amides is 2. The number of carboxylic acids is 1. The van der Waals surface area contributed by atoms with Gasteiger partial charge >= 0.3 is 12.1 Å². The number of alkyl halides is 3. The highest BCUT2D eigenvalue weighted by molar-refractivity contribution is 5.83. The van der Waals surface area contributed by atoms with Gasteiger partial charge in [-0.3, -0.25) is 14.6 Å². The molecule has 4 N–H and O–H groups in total. The van der Waals surface area contributed by atoms with Gasteiger partial charge in [-0.05, 0) is 64.1 Å². The Kier molecular flexibility index (Phi) is 7.78. The zero-order valence-corrected chi connectivity index (χ0v) is 19.0. The van der Waals surface area contributed by atoms with Crippen LogP contribution in [0.5, 0.6) is 0 Å². The number of carbonyl (C=O) groups is 3. The van der Waals surface area contributed by atoms with Crippen molar-refractivity contribution < 1.29 is 32.7 Å². The predicted octanol–water partition coefficient (Wildman–Crippen LogP) is 2.43. The predicted molar refractivity (Wildman–Crippen MR) is 114 cm³/mol. The number of aromatic nitrogens is 1. The van der Waals surface area contributed by atoms with Gasteiger partial charge in [0.2, 0.25) is 11.8 Å². The summed E-state index contributed by atoms with van der Waals surface area (Å²) in [7, 11) is 1.99. The summed E-state index contributed by atoms with van der Waals surface area (Å²) in [5, 5.41) is 10.6. The van der Waals surface area contributed by atoms with E-state index >= 15 is 0 Å². The zero-order valence-electron chi connectivity index (χ0n) is 19.0. The molecule has 11 heteroatoms. The van der Waals surface area contributed by atoms with Crippen molar-refractivity contribution in [2.24, 2.45) is 16.6 Å². The van der Waals surface area contributed by atoms with Gasteiger partial charge in [0.1, 0.15) is 0 Å². The molecule has 2 heterocycles. The van der Waals surface area contributed by atoms with Crippen LogP contribution in [-0.4, -0.2) is 59.1 Å². The normalized spacial score (nSPS) is 25.5. The van der Waals surface area contributed by atoms with Gasteiger partial charge in [0, 0.05) is 25.7 Å². The molecule has 1 aromatic heterocycles. The van der Waals surface area contributed by atoms with E-state index in [1.807, 2.05) is 44.1 Å². The number of nitrogens with zero attached hydrogens (tertiary/aromatic N) is 2. The van der Waals surface area contributed by atoms with Crippen molar-refractivity contribution in [2.45, 2.75) is 57.7 Å². The molecule has 0 unspecified atom stereocenters. The molecule has 0 bridgehead atoms. The number of carbonyl (C=O) groups excluding carboxylic acids is 2. The van der Waals surface area contributed by atoms with E-state index in [-0.39, 0.29) is 22.8 Å². The molecule has 1 aliphatic heterocycles. The molecule has 0 radical (unpaired) electrons. The Morgan fingerprint density at radius 2 is 1.79 bits per heavy atom. The fourth-order valence-electron chi connectivity index (χ4n) is 4.50. The quantitative estimate of drug-likeness (QED) is 0.604. The molecule has 2 amide bonds. The summed E-state index contributed by atoms with van der Waals surface area (Å²) < 4.78 is 31.7. The summed E-state index contributed by atoms with van der Waals surface area (Å²) in [4.78, 5) is 39.5.